The van der Waals surface area contributed by atoms with E-state index in [1.165, 1.54) is 15.7 Å². The fraction of sp³-hybridized carbons (Fsp3) is 0.250. The molecule has 0 bridgehead atoms. The smallest absolute Gasteiger partial charge is 0.484 e. The minimum Gasteiger partial charge on any atom is -0.496 e. The molecular weight excluding hydrogens is 1080 g/mol. The number of nitrogens with zero attached hydrogens (tertiary/aromatic N) is 1. The monoisotopic (exact) mass is 1130 g/mol. The van der Waals surface area contributed by atoms with E-state index in [9.17, 15) is 4.79 Å². The van der Waals surface area contributed by atoms with Crippen LogP contribution in [-0.2, 0) is 4.74 Å². The SMILES string of the molecule is COc1cc(-c2ccc[nH]2)c(OC)cc1C1=CC=CC1.COc1cc(-c2cccn2C(=O)OC(C)(C)C)c(OC)cc1C1=CC=CC1.COc1cc(I)c(OC)cc1I.OB(O)C1=CC=CC1. The van der Waals surface area contributed by atoms with Crippen LogP contribution in [0.3, 0.4) is 0 Å². The fourth-order valence-corrected chi connectivity index (χ4v) is 8.37. The molecule has 5 aromatic rings. The first-order chi connectivity index (χ1) is 32.2. The molecule has 3 N–H and O–H groups in total. The Morgan fingerprint density at radius 2 is 1.07 bits per heavy atom. The number of halogens is 2. The van der Waals surface area contributed by atoms with E-state index < -0.39 is 18.8 Å². The lowest BCUT2D eigenvalue weighted by molar-refractivity contribution is 0.0540. The van der Waals surface area contributed by atoms with Gasteiger partial charge in [0.2, 0.25) is 0 Å². The Hall–Kier alpha value is -5.63. The quantitative estimate of drug-likeness (QED) is 0.0864. The number of rotatable bonds is 11. The number of H-pyrrole nitrogens is 1. The Morgan fingerprint density at radius 1 is 0.612 bits per heavy atom. The Labute approximate surface area is 421 Å². The average Bonchev–Trinajstić information content (AvgIpc) is 4.19. The van der Waals surface area contributed by atoms with Crippen molar-refractivity contribution in [2.75, 3.05) is 42.7 Å². The molecule has 2 aromatic heterocycles. The number of hydrogen-bond donors (Lipinski definition) is 3. The largest absolute Gasteiger partial charge is 0.496 e. The number of nitrogens with one attached hydrogen (secondary N) is 1. The molecular formula is C52H57BI2N2O10. The van der Waals surface area contributed by atoms with Gasteiger partial charge >= 0.3 is 13.2 Å². The third kappa shape index (κ3) is 14.0. The number of ether oxygens (including phenoxy) is 7. The van der Waals surface area contributed by atoms with Gasteiger partial charge in [-0.15, -0.1) is 0 Å². The predicted molar refractivity (Wildman–Crippen MR) is 284 cm³/mol. The van der Waals surface area contributed by atoms with Crippen molar-refractivity contribution >= 4 is 69.5 Å². The highest BCUT2D eigenvalue weighted by Gasteiger charge is 2.23. The summed E-state index contributed by atoms with van der Waals surface area (Å²) in [6, 6.07) is 19.5. The van der Waals surface area contributed by atoms with E-state index in [0.717, 1.165) is 76.7 Å². The van der Waals surface area contributed by atoms with E-state index in [-0.39, 0.29) is 0 Å². The molecule has 12 nitrogen and oxygen atoms in total. The van der Waals surface area contributed by atoms with Crippen molar-refractivity contribution in [3.63, 3.8) is 0 Å². The summed E-state index contributed by atoms with van der Waals surface area (Å²) >= 11 is 4.44. The van der Waals surface area contributed by atoms with Crippen molar-refractivity contribution in [3.8, 4) is 57.0 Å². The zero-order valence-electron chi connectivity index (χ0n) is 39.2. The maximum atomic E-state index is 12.6. The summed E-state index contributed by atoms with van der Waals surface area (Å²) in [5.74, 6) is 4.89. The lowest BCUT2D eigenvalue weighted by Gasteiger charge is -2.21. The third-order valence-corrected chi connectivity index (χ3v) is 12.0. The molecule has 0 radical (unpaired) electrons. The van der Waals surface area contributed by atoms with Crippen molar-refractivity contribution in [1.82, 2.24) is 9.55 Å². The van der Waals surface area contributed by atoms with Crippen LogP contribution in [0.15, 0.2) is 133 Å². The van der Waals surface area contributed by atoms with E-state index in [1.54, 1.807) is 54.9 Å². The normalized spacial score (nSPS) is 13.1. The predicted octanol–water partition coefficient (Wildman–Crippen LogP) is 12.1. The van der Waals surface area contributed by atoms with Gasteiger partial charge in [-0.3, -0.25) is 4.57 Å². The summed E-state index contributed by atoms with van der Waals surface area (Å²) in [6.07, 6.45) is 23.6. The van der Waals surface area contributed by atoms with Gasteiger partial charge in [0, 0.05) is 40.3 Å². The summed E-state index contributed by atoms with van der Waals surface area (Å²) in [4.78, 5) is 15.8. The third-order valence-electron chi connectivity index (χ3n) is 10.3. The van der Waals surface area contributed by atoms with Crippen molar-refractivity contribution in [2.45, 2.75) is 45.6 Å². The van der Waals surface area contributed by atoms with Crippen LogP contribution >= 0.6 is 45.2 Å². The first kappa shape index (κ1) is 52.3. The molecule has 0 saturated carbocycles. The van der Waals surface area contributed by atoms with Crippen LogP contribution in [0.2, 0.25) is 0 Å². The number of methoxy groups -OCH3 is 6. The molecule has 3 aliphatic carbocycles. The summed E-state index contributed by atoms with van der Waals surface area (Å²) < 4.78 is 41.8. The van der Waals surface area contributed by atoms with E-state index in [2.05, 4.69) is 80.5 Å². The number of carbonyl (C=O) groups excluding carboxylic acids is 1. The molecule has 3 aliphatic rings. The van der Waals surface area contributed by atoms with E-state index in [1.807, 2.05) is 106 Å². The van der Waals surface area contributed by atoms with Crippen LogP contribution in [0.25, 0.3) is 33.7 Å². The highest BCUT2D eigenvalue weighted by molar-refractivity contribution is 14.1. The second-order valence-corrected chi connectivity index (χ2v) is 18.2. The maximum absolute atomic E-state index is 12.6. The van der Waals surface area contributed by atoms with Crippen molar-refractivity contribution in [2.24, 2.45) is 0 Å². The molecule has 0 spiro atoms. The Kier molecular flexibility index (Phi) is 19.5. The van der Waals surface area contributed by atoms with Gasteiger partial charge in [-0.25, -0.2) is 4.79 Å². The second kappa shape index (κ2) is 24.9. The van der Waals surface area contributed by atoms with Crippen molar-refractivity contribution in [1.29, 1.82) is 0 Å². The molecule has 15 heteroatoms. The van der Waals surface area contributed by atoms with E-state index >= 15 is 0 Å². The number of aromatic nitrogens is 2. The molecule has 8 rings (SSSR count). The number of allylic oxidation sites excluding steroid dienone is 12. The molecule has 352 valence electrons. The van der Waals surface area contributed by atoms with Gasteiger partial charge in [0.15, 0.2) is 0 Å². The van der Waals surface area contributed by atoms with Crippen LogP contribution in [0.1, 0.15) is 51.2 Å². The van der Waals surface area contributed by atoms with Crippen molar-refractivity contribution < 1.29 is 48.0 Å². The molecule has 0 amide bonds. The van der Waals surface area contributed by atoms with Crippen LogP contribution in [-0.4, -0.2) is 81.1 Å². The standard InChI is InChI=1S/C22H25NO4.C17H17NO2.C8H8I2O2.C5H7BO2/c1-22(2,3)27-21(24)23-12-8-11-18(23)17-14-19(25-4)16(13-20(17)26-5)15-9-6-7-10-15;1-19-16-11-14(15-8-5-9-18-15)17(20-2)10-13(16)12-6-3-4-7-12;1-11-7-3-6(10)8(12-2)4-5(7)9;7-6(8)5-3-1-2-4-5/h6-9,11-14H,10H2,1-5H3;3-6,8-11,18H,7H2,1-2H3;3-4H,1-2H3;1-3,7-8H,4H2. The van der Waals surface area contributed by atoms with Crippen LogP contribution < -0.4 is 28.4 Å². The number of benzene rings is 3. The minimum absolute atomic E-state index is 0.435. The van der Waals surface area contributed by atoms with Crippen molar-refractivity contribution in [3.05, 3.63) is 151 Å². The van der Waals surface area contributed by atoms with Gasteiger partial charge < -0.3 is 48.2 Å². The van der Waals surface area contributed by atoms with Gasteiger partial charge in [0.05, 0.1) is 55.5 Å². The van der Waals surface area contributed by atoms with Gasteiger partial charge in [-0.1, -0.05) is 54.7 Å². The van der Waals surface area contributed by atoms with Crippen LogP contribution in [0, 0.1) is 7.14 Å². The lowest BCUT2D eigenvalue weighted by atomic mass is 9.79. The molecule has 3 aromatic carbocycles. The summed E-state index contributed by atoms with van der Waals surface area (Å²) in [5, 5.41) is 17.0. The minimum atomic E-state index is -1.26. The van der Waals surface area contributed by atoms with E-state index in [4.69, 9.17) is 43.2 Å². The molecule has 0 atom stereocenters. The number of hydrogen-bond acceptors (Lipinski definition) is 10. The van der Waals surface area contributed by atoms with Gasteiger partial charge in [0.1, 0.15) is 40.1 Å². The number of aromatic amines is 1. The maximum Gasteiger partial charge on any atom is 0.484 e. The Morgan fingerprint density at radius 3 is 1.48 bits per heavy atom. The fourth-order valence-electron chi connectivity index (χ4n) is 7.05. The first-order valence-electron chi connectivity index (χ1n) is 21.2. The first-order valence-corrected chi connectivity index (χ1v) is 23.4. The zero-order chi connectivity index (χ0) is 48.7. The molecule has 0 unspecified atom stereocenters. The molecule has 2 heterocycles. The Balaban J connectivity index is 0.000000183. The lowest BCUT2D eigenvalue weighted by Crippen LogP contribution is -2.27. The average molecular weight is 1130 g/mol. The molecule has 0 saturated heterocycles. The summed E-state index contributed by atoms with van der Waals surface area (Å²) in [6.45, 7) is 5.53. The summed E-state index contributed by atoms with van der Waals surface area (Å²) in [5.41, 5.74) is 8.05. The topological polar surface area (TPSA) is 143 Å². The second-order valence-electron chi connectivity index (χ2n) is 15.9. The van der Waals surface area contributed by atoms with E-state index in [0.29, 0.717) is 23.3 Å². The number of carbonyl (C=O) groups is 1. The van der Waals surface area contributed by atoms with Gasteiger partial charge in [-0.2, -0.15) is 0 Å². The molecule has 67 heavy (non-hydrogen) atoms. The van der Waals surface area contributed by atoms with Crippen LogP contribution in [0.5, 0.6) is 34.5 Å². The van der Waals surface area contributed by atoms with Gasteiger partial charge in [0.25, 0.3) is 0 Å². The highest BCUT2D eigenvalue weighted by atomic mass is 127. The summed E-state index contributed by atoms with van der Waals surface area (Å²) in [7, 11) is 8.74. The molecule has 0 fully saturated rings. The Bertz CT molecular complexity index is 2640. The molecule has 0 aliphatic heterocycles. The zero-order valence-corrected chi connectivity index (χ0v) is 43.5. The highest BCUT2D eigenvalue weighted by Crippen LogP contribution is 2.42. The van der Waals surface area contributed by atoms with Gasteiger partial charge in [-0.05, 0) is 162 Å². The van der Waals surface area contributed by atoms with Crippen LogP contribution in [0.4, 0.5) is 4.79 Å².